The van der Waals surface area contributed by atoms with Gasteiger partial charge in [0.15, 0.2) is 0 Å². The Bertz CT molecular complexity index is 682. The van der Waals surface area contributed by atoms with E-state index < -0.39 is 0 Å². The zero-order chi connectivity index (χ0) is 16.2. The van der Waals surface area contributed by atoms with Crippen LogP contribution in [-0.4, -0.2) is 29.9 Å². The van der Waals surface area contributed by atoms with Gasteiger partial charge in [0.25, 0.3) is 0 Å². The Balaban J connectivity index is 1.63. The van der Waals surface area contributed by atoms with Crippen LogP contribution in [0.15, 0.2) is 42.5 Å². The van der Waals surface area contributed by atoms with E-state index in [-0.39, 0.29) is 11.9 Å². The van der Waals surface area contributed by atoms with Gasteiger partial charge in [-0.15, -0.1) is 0 Å². The minimum Gasteiger partial charge on any atom is -0.338 e. The first-order valence-electron chi connectivity index (χ1n) is 8.64. The molecule has 1 aliphatic heterocycles. The number of rotatable bonds is 4. The number of benzene rings is 2. The van der Waals surface area contributed by atoms with Gasteiger partial charge >= 0.3 is 0 Å². The molecule has 2 N–H and O–H groups in total. The largest absolute Gasteiger partial charge is 0.338 e. The molecule has 122 valence electrons. The lowest BCUT2D eigenvalue weighted by Crippen LogP contribution is -2.49. The van der Waals surface area contributed by atoms with E-state index in [1.165, 1.54) is 16.3 Å². The van der Waals surface area contributed by atoms with Crippen LogP contribution in [0.3, 0.4) is 0 Å². The average Bonchev–Trinajstić information content (AvgIpc) is 2.59. The maximum atomic E-state index is 12.6. The summed E-state index contributed by atoms with van der Waals surface area (Å²) in [5, 5.41) is 2.49. The number of nitrogens with two attached hydrogens (primary N) is 1. The van der Waals surface area contributed by atoms with Crippen molar-refractivity contribution < 1.29 is 4.79 Å². The van der Waals surface area contributed by atoms with Crippen molar-refractivity contribution in [2.75, 3.05) is 13.1 Å². The fraction of sp³-hybridized carbons (Fsp3) is 0.450. The summed E-state index contributed by atoms with van der Waals surface area (Å²) in [4.78, 5) is 14.6. The predicted octanol–water partition coefficient (Wildman–Crippen LogP) is 3.36. The van der Waals surface area contributed by atoms with Crippen LogP contribution in [0.25, 0.3) is 10.8 Å². The third kappa shape index (κ3) is 3.73. The number of likely N-dealkylation sites (tertiary alicyclic amines) is 1. The number of amides is 1. The van der Waals surface area contributed by atoms with Crippen molar-refractivity contribution in [3.05, 3.63) is 48.0 Å². The summed E-state index contributed by atoms with van der Waals surface area (Å²) in [5.41, 5.74) is 7.10. The molecule has 2 aromatic rings. The first-order chi connectivity index (χ1) is 11.2. The summed E-state index contributed by atoms with van der Waals surface area (Å²) in [6, 6.07) is 15.0. The molecular weight excluding hydrogens is 284 g/mol. The summed E-state index contributed by atoms with van der Waals surface area (Å²) in [5.74, 6) is 0.925. The van der Waals surface area contributed by atoms with E-state index in [4.69, 9.17) is 5.73 Å². The number of nitrogens with zero attached hydrogens (tertiary/aromatic N) is 1. The number of aryl methyl sites for hydroxylation is 1. The number of hydrogen-bond acceptors (Lipinski definition) is 2. The highest BCUT2D eigenvalue weighted by molar-refractivity contribution is 5.83. The Morgan fingerprint density at radius 3 is 2.78 bits per heavy atom. The van der Waals surface area contributed by atoms with Crippen LogP contribution < -0.4 is 5.73 Å². The average molecular weight is 310 g/mol. The third-order valence-electron chi connectivity index (χ3n) is 5.01. The Hall–Kier alpha value is -1.87. The molecular formula is C20H26N2O. The molecule has 3 rings (SSSR count). The molecule has 0 aliphatic carbocycles. The van der Waals surface area contributed by atoms with E-state index in [1.54, 1.807) is 0 Å². The SMILES string of the molecule is CC1CCN(C(=O)CCc2ccc3ccccc3c2)C(CN)C1. The van der Waals surface area contributed by atoms with E-state index in [2.05, 4.69) is 49.4 Å². The number of carbonyl (C=O) groups is 1. The number of piperidine rings is 1. The lowest BCUT2D eigenvalue weighted by Gasteiger charge is -2.38. The van der Waals surface area contributed by atoms with E-state index >= 15 is 0 Å². The van der Waals surface area contributed by atoms with Gasteiger partial charge in [0.05, 0.1) is 0 Å². The van der Waals surface area contributed by atoms with Crippen LogP contribution >= 0.6 is 0 Å². The molecule has 2 aromatic carbocycles. The summed E-state index contributed by atoms with van der Waals surface area (Å²) >= 11 is 0. The number of fused-ring (bicyclic) bond motifs is 1. The molecule has 1 heterocycles. The van der Waals surface area contributed by atoms with Gasteiger partial charge in [-0.3, -0.25) is 4.79 Å². The van der Waals surface area contributed by atoms with E-state index in [9.17, 15) is 4.79 Å². The molecule has 1 saturated heterocycles. The Kier molecular flexibility index (Phi) is 4.97. The van der Waals surface area contributed by atoms with E-state index in [0.717, 1.165) is 25.8 Å². The van der Waals surface area contributed by atoms with E-state index in [1.807, 2.05) is 4.90 Å². The van der Waals surface area contributed by atoms with E-state index in [0.29, 0.717) is 18.9 Å². The summed E-state index contributed by atoms with van der Waals surface area (Å²) in [6.07, 6.45) is 3.51. The molecule has 1 fully saturated rings. The summed E-state index contributed by atoms with van der Waals surface area (Å²) in [7, 11) is 0. The van der Waals surface area contributed by atoms with Crippen molar-refractivity contribution in [2.45, 2.75) is 38.6 Å². The van der Waals surface area contributed by atoms with Crippen molar-refractivity contribution in [1.29, 1.82) is 0 Å². The Labute approximate surface area is 138 Å². The molecule has 23 heavy (non-hydrogen) atoms. The topological polar surface area (TPSA) is 46.3 Å². The molecule has 0 spiro atoms. The fourth-order valence-corrected chi connectivity index (χ4v) is 3.59. The summed E-state index contributed by atoms with van der Waals surface area (Å²) in [6.45, 7) is 3.69. The van der Waals surface area contributed by atoms with Crippen LogP contribution in [0.1, 0.15) is 31.7 Å². The lowest BCUT2D eigenvalue weighted by atomic mass is 9.92. The zero-order valence-corrected chi connectivity index (χ0v) is 13.9. The van der Waals surface area contributed by atoms with Gasteiger partial charge in [-0.2, -0.15) is 0 Å². The second-order valence-corrected chi connectivity index (χ2v) is 6.79. The van der Waals surface area contributed by atoms with Crippen molar-refractivity contribution in [3.63, 3.8) is 0 Å². The smallest absolute Gasteiger partial charge is 0.223 e. The van der Waals surface area contributed by atoms with Crippen molar-refractivity contribution in [3.8, 4) is 0 Å². The molecule has 0 radical (unpaired) electrons. The molecule has 1 aliphatic rings. The fourth-order valence-electron chi connectivity index (χ4n) is 3.59. The molecule has 1 amide bonds. The number of hydrogen-bond donors (Lipinski definition) is 1. The molecule has 2 unspecified atom stereocenters. The maximum Gasteiger partial charge on any atom is 0.223 e. The first kappa shape index (κ1) is 16.0. The van der Waals surface area contributed by atoms with Gasteiger partial charge < -0.3 is 10.6 Å². The minimum absolute atomic E-state index is 0.225. The van der Waals surface area contributed by atoms with Gasteiger partial charge in [0, 0.05) is 25.6 Å². The second-order valence-electron chi connectivity index (χ2n) is 6.79. The Morgan fingerprint density at radius 1 is 1.22 bits per heavy atom. The van der Waals surface area contributed by atoms with Crippen LogP contribution in [0.5, 0.6) is 0 Å². The summed E-state index contributed by atoms with van der Waals surface area (Å²) < 4.78 is 0. The Morgan fingerprint density at radius 2 is 2.00 bits per heavy atom. The van der Waals surface area contributed by atoms with Gasteiger partial charge in [-0.25, -0.2) is 0 Å². The second kappa shape index (κ2) is 7.14. The highest BCUT2D eigenvalue weighted by Gasteiger charge is 2.28. The van der Waals surface area contributed by atoms with Gasteiger partial charge in [0.1, 0.15) is 0 Å². The quantitative estimate of drug-likeness (QED) is 0.941. The molecule has 2 atom stereocenters. The minimum atomic E-state index is 0.225. The molecule has 3 heteroatoms. The highest BCUT2D eigenvalue weighted by atomic mass is 16.2. The van der Waals surface area contributed by atoms with Crippen molar-refractivity contribution >= 4 is 16.7 Å². The van der Waals surface area contributed by atoms with Crippen LogP contribution in [0, 0.1) is 5.92 Å². The van der Waals surface area contributed by atoms with Gasteiger partial charge in [0.2, 0.25) is 5.91 Å². The number of carbonyl (C=O) groups excluding carboxylic acids is 1. The third-order valence-corrected chi connectivity index (χ3v) is 5.01. The van der Waals surface area contributed by atoms with Crippen molar-refractivity contribution in [1.82, 2.24) is 4.90 Å². The van der Waals surface area contributed by atoms with Crippen LogP contribution in [0.2, 0.25) is 0 Å². The predicted molar refractivity (Wildman–Crippen MR) is 95.2 cm³/mol. The van der Waals surface area contributed by atoms with Gasteiger partial charge in [-0.05, 0) is 41.5 Å². The normalized spacial score (nSPS) is 21.6. The highest BCUT2D eigenvalue weighted by Crippen LogP contribution is 2.23. The zero-order valence-electron chi connectivity index (χ0n) is 13.9. The van der Waals surface area contributed by atoms with Gasteiger partial charge in [-0.1, -0.05) is 49.4 Å². The standard InChI is InChI=1S/C20H26N2O/c1-15-10-11-22(19(12-15)14-21)20(23)9-7-16-6-8-17-4-2-3-5-18(17)13-16/h2-6,8,13,15,19H,7,9-12,14,21H2,1H3. The first-order valence-corrected chi connectivity index (χ1v) is 8.64. The van der Waals surface area contributed by atoms with Crippen LogP contribution in [0.4, 0.5) is 0 Å². The van der Waals surface area contributed by atoms with Crippen LogP contribution in [-0.2, 0) is 11.2 Å². The molecule has 0 bridgehead atoms. The molecule has 0 aromatic heterocycles. The maximum absolute atomic E-state index is 12.6. The molecule has 0 saturated carbocycles. The van der Waals surface area contributed by atoms with Crippen molar-refractivity contribution in [2.24, 2.45) is 11.7 Å². The lowest BCUT2D eigenvalue weighted by molar-refractivity contribution is -0.135. The monoisotopic (exact) mass is 310 g/mol. The molecule has 3 nitrogen and oxygen atoms in total.